The Labute approximate surface area is 130 Å². The molecule has 5 nitrogen and oxygen atoms in total. The number of carbonyl (C=O) groups excluding carboxylic acids is 1. The van der Waals surface area contributed by atoms with Crippen LogP contribution >= 0.6 is 0 Å². The molecule has 1 saturated carbocycles. The summed E-state index contributed by atoms with van der Waals surface area (Å²) in [5.74, 6) is 0.862. The van der Waals surface area contributed by atoms with Crippen molar-refractivity contribution in [2.45, 2.75) is 70.3 Å². The largest absolute Gasteiger partial charge is 0.391 e. The maximum atomic E-state index is 11.9. The Bertz CT molecular complexity index is 352. The van der Waals surface area contributed by atoms with E-state index in [-0.39, 0.29) is 29.8 Å². The van der Waals surface area contributed by atoms with Crippen LogP contribution in [0.3, 0.4) is 0 Å². The molecule has 1 aliphatic rings. The van der Waals surface area contributed by atoms with Gasteiger partial charge in [0.25, 0.3) is 0 Å². The first-order valence-electron chi connectivity index (χ1n) is 8.07. The van der Waals surface area contributed by atoms with E-state index in [1.165, 1.54) is 0 Å². The SMILES string of the molecule is CCC(C)C(O)CNC(=O)NC1CCCC(S(=O)CC)C1. The molecule has 1 fully saturated rings. The number of urea groups is 1. The minimum Gasteiger partial charge on any atom is -0.391 e. The van der Waals surface area contributed by atoms with Crippen LogP contribution in [0.5, 0.6) is 0 Å². The average Bonchev–Trinajstić information content (AvgIpc) is 2.51. The average molecular weight is 318 g/mol. The van der Waals surface area contributed by atoms with Crippen molar-refractivity contribution in [1.82, 2.24) is 10.6 Å². The van der Waals surface area contributed by atoms with Gasteiger partial charge in [-0.05, 0) is 25.2 Å². The third-order valence-electron chi connectivity index (χ3n) is 4.39. The highest BCUT2D eigenvalue weighted by Crippen LogP contribution is 2.22. The lowest BCUT2D eigenvalue weighted by Crippen LogP contribution is -2.47. The molecule has 21 heavy (non-hydrogen) atoms. The van der Waals surface area contributed by atoms with Crippen LogP contribution in [0.1, 0.15) is 52.9 Å². The number of aliphatic hydroxyl groups is 1. The molecular weight excluding hydrogens is 288 g/mol. The number of hydrogen-bond donors (Lipinski definition) is 3. The van der Waals surface area contributed by atoms with E-state index >= 15 is 0 Å². The zero-order valence-electron chi connectivity index (χ0n) is 13.4. The van der Waals surface area contributed by atoms with Crippen molar-refractivity contribution in [3.05, 3.63) is 0 Å². The number of amides is 2. The molecule has 5 atom stereocenters. The van der Waals surface area contributed by atoms with E-state index in [2.05, 4.69) is 10.6 Å². The van der Waals surface area contributed by atoms with Gasteiger partial charge in [-0.3, -0.25) is 4.21 Å². The number of rotatable bonds is 7. The Morgan fingerprint density at radius 2 is 2.10 bits per heavy atom. The van der Waals surface area contributed by atoms with Crippen LogP contribution in [0, 0.1) is 5.92 Å². The summed E-state index contributed by atoms with van der Waals surface area (Å²) in [6, 6.07) is -0.134. The predicted octanol–water partition coefficient (Wildman–Crippen LogP) is 1.77. The molecule has 0 radical (unpaired) electrons. The molecule has 5 unspecified atom stereocenters. The Balaban J connectivity index is 2.32. The van der Waals surface area contributed by atoms with Crippen LogP contribution in [0.25, 0.3) is 0 Å². The standard InChI is InChI=1S/C15H30N2O3S/c1-4-11(3)14(18)10-16-15(19)17-12-7-6-8-13(9-12)21(20)5-2/h11-14,18H,4-10H2,1-3H3,(H2,16,17,19). The van der Waals surface area contributed by atoms with Crippen LogP contribution in [0.15, 0.2) is 0 Å². The third kappa shape index (κ3) is 6.34. The van der Waals surface area contributed by atoms with Gasteiger partial charge in [0.05, 0.1) is 6.10 Å². The van der Waals surface area contributed by atoms with E-state index in [0.29, 0.717) is 5.75 Å². The molecule has 0 aromatic carbocycles. The van der Waals surface area contributed by atoms with Gasteiger partial charge in [0.2, 0.25) is 0 Å². The summed E-state index contributed by atoms with van der Waals surface area (Å²) < 4.78 is 11.9. The van der Waals surface area contributed by atoms with Gasteiger partial charge in [0.15, 0.2) is 0 Å². The molecule has 2 amide bonds. The summed E-state index contributed by atoms with van der Waals surface area (Å²) in [5, 5.41) is 15.7. The molecule has 3 N–H and O–H groups in total. The van der Waals surface area contributed by atoms with E-state index in [1.54, 1.807) is 0 Å². The van der Waals surface area contributed by atoms with Gasteiger partial charge >= 0.3 is 6.03 Å². The van der Waals surface area contributed by atoms with Gasteiger partial charge in [-0.15, -0.1) is 0 Å². The minimum absolute atomic E-state index is 0.0972. The summed E-state index contributed by atoms with van der Waals surface area (Å²) >= 11 is 0. The molecule has 0 bridgehead atoms. The first-order valence-corrected chi connectivity index (χ1v) is 9.45. The second kappa shape index (κ2) is 9.41. The molecular formula is C15H30N2O3S. The zero-order chi connectivity index (χ0) is 15.8. The monoisotopic (exact) mass is 318 g/mol. The van der Waals surface area contributed by atoms with Crippen molar-refractivity contribution < 1.29 is 14.1 Å². The normalized spacial score (nSPS) is 26.7. The fourth-order valence-corrected chi connectivity index (χ4v) is 4.01. The number of carbonyl (C=O) groups is 1. The minimum atomic E-state index is -0.779. The van der Waals surface area contributed by atoms with E-state index in [1.807, 2.05) is 20.8 Å². The van der Waals surface area contributed by atoms with Crippen LogP contribution < -0.4 is 10.6 Å². The summed E-state index contributed by atoms with van der Waals surface area (Å²) in [7, 11) is -0.779. The fraction of sp³-hybridized carbons (Fsp3) is 0.933. The molecule has 6 heteroatoms. The lowest BCUT2D eigenvalue weighted by Gasteiger charge is -2.29. The number of aliphatic hydroxyl groups excluding tert-OH is 1. The van der Waals surface area contributed by atoms with Crippen molar-refractivity contribution >= 4 is 16.8 Å². The molecule has 1 aliphatic carbocycles. The van der Waals surface area contributed by atoms with Crippen molar-refractivity contribution in [1.29, 1.82) is 0 Å². The van der Waals surface area contributed by atoms with Gasteiger partial charge < -0.3 is 15.7 Å². The summed E-state index contributed by atoms with van der Waals surface area (Å²) in [5.41, 5.74) is 0. The molecule has 0 spiro atoms. The smallest absolute Gasteiger partial charge is 0.315 e. The quantitative estimate of drug-likeness (QED) is 0.669. The number of hydrogen-bond acceptors (Lipinski definition) is 3. The third-order valence-corrected chi connectivity index (χ3v) is 6.13. The fourth-order valence-electron chi connectivity index (χ4n) is 2.66. The van der Waals surface area contributed by atoms with Gasteiger partial charge in [-0.25, -0.2) is 4.79 Å². The topological polar surface area (TPSA) is 78.4 Å². The van der Waals surface area contributed by atoms with Crippen molar-refractivity contribution in [2.24, 2.45) is 5.92 Å². The van der Waals surface area contributed by atoms with E-state index in [9.17, 15) is 14.1 Å². The van der Waals surface area contributed by atoms with E-state index in [0.717, 1.165) is 32.1 Å². The van der Waals surface area contributed by atoms with Gasteiger partial charge in [0, 0.05) is 34.4 Å². The maximum absolute atomic E-state index is 11.9. The predicted molar refractivity (Wildman–Crippen MR) is 86.7 cm³/mol. The molecule has 0 aromatic rings. The molecule has 0 heterocycles. The highest BCUT2D eigenvalue weighted by Gasteiger charge is 2.26. The first-order chi connectivity index (χ1) is 9.97. The highest BCUT2D eigenvalue weighted by atomic mass is 32.2. The summed E-state index contributed by atoms with van der Waals surface area (Å²) in [6.07, 6.45) is 4.12. The number of nitrogens with one attached hydrogen (secondary N) is 2. The van der Waals surface area contributed by atoms with Crippen molar-refractivity contribution in [3.8, 4) is 0 Å². The van der Waals surface area contributed by atoms with Crippen LogP contribution in [-0.4, -0.2) is 45.0 Å². The summed E-state index contributed by atoms with van der Waals surface area (Å²) in [6.45, 7) is 6.20. The van der Waals surface area contributed by atoms with Crippen molar-refractivity contribution in [3.63, 3.8) is 0 Å². The molecule has 124 valence electrons. The van der Waals surface area contributed by atoms with Gasteiger partial charge in [-0.1, -0.05) is 33.6 Å². The van der Waals surface area contributed by atoms with Gasteiger partial charge in [-0.2, -0.15) is 0 Å². The Morgan fingerprint density at radius 3 is 2.71 bits per heavy atom. The maximum Gasteiger partial charge on any atom is 0.315 e. The van der Waals surface area contributed by atoms with E-state index < -0.39 is 16.9 Å². The first kappa shape index (κ1) is 18.4. The molecule has 0 saturated heterocycles. The summed E-state index contributed by atoms with van der Waals surface area (Å²) in [4.78, 5) is 11.9. The Hall–Kier alpha value is -0.620. The Morgan fingerprint density at radius 1 is 1.38 bits per heavy atom. The van der Waals surface area contributed by atoms with Crippen LogP contribution in [0.4, 0.5) is 4.79 Å². The van der Waals surface area contributed by atoms with Crippen molar-refractivity contribution in [2.75, 3.05) is 12.3 Å². The molecule has 1 rings (SSSR count). The van der Waals surface area contributed by atoms with E-state index in [4.69, 9.17) is 0 Å². The zero-order valence-corrected chi connectivity index (χ0v) is 14.2. The van der Waals surface area contributed by atoms with Crippen LogP contribution in [-0.2, 0) is 10.8 Å². The Kier molecular flexibility index (Phi) is 8.26. The van der Waals surface area contributed by atoms with Gasteiger partial charge in [0.1, 0.15) is 0 Å². The molecule has 0 aliphatic heterocycles. The highest BCUT2D eigenvalue weighted by molar-refractivity contribution is 7.85. The molecule has 0 aromatic heterocycles. The second-order valence-corrected chi connectivity index (χ2v) is 7.97. The second-order valence-electron chi connectivity index (χ2n) is 5.96. The van der Waals surface area contributed by atoms with Crippen LogP contribution in [0.2, 0.25) is 0 Å². The lowest BCUT2D eigenvalue weighted by atomic mass is 9.95. The lowest BCUT2D eigenvalue weighted by molar-refractivity contribution is 0.114.